The Morgan fingerprint density at radius 1 is 0.515 bits per heavy atom. The molecule has 6 aromatic rings. The second-order valence-electron chi connectivity index (χ2n) is 15.0. The number of phenolic OH excluding ortho intramolecular Hbond substituents is 1. The van der Waals surface area contributed by atoms with Gasteiger partial charge in [0.15, 0.2) is 5.78 Å². The fraction of sp³-hybridized carbons (Fsp3) is 0.0682. The molecule has 0 amide bonds. The van der Waals surface area contributed by atoms with Gasteiger partial charge in [0.25, 0.3) is 50.6 Å². The van der Waals surface area contributed by atoms with Crippen LogP contribution in [0.1, 0.15) is 39.9 Å². The van der Waals surface area contributed by atoms with Gasteiger partial charge < -0.3 is 9.84 Å². The summed E-state index contributed by atoms with van der Waals surface area (Å²) in [6.45, 7) is 1.64. The van der Waals surface area contributed by atoms with E-state index < -0.39 is 81.7 Å². The molecule has 68 heavy (non-hydrogen) atoms. The number of carbonyl (C=O) groups is 1. The minimum absolute atomic E-state index is 0.0176. The molecular formula is C44H33IO18S5. The molecule has 0 spiro atoms. The number of rotatable bonds is 13. The smallest absolute Gasteiger partial charge is 0.298 e. The first-order chi connectivity index (χ1) is 31.5. The van der Waals surface area contributed by atoms with Gasteiger partial charge in [-0.15, -0.1) is 0 Å². The number of aromatic hydroxyl groups is 1. The Morgan fingerprint density at radius 3 is 1.37 bits per heavy atom. The highest BCUT2D eigenvalue weighted by Crippen LogP contribution is 2.54. The third-order valence-corrected chi connectivity index (χ3v) is 16.0. The maximum atomic E-state index is 13.7. The van der Waals surface area contributed by atoms with Gasteiger partial charge in [-0.1, -0.05) is 42.5 Å². The molecule has 24 heteroatoms. The van der Waals surface area contributed by atoms with Crippen LogP contribution in [-0.4, -0.2) is 75.7 Å². The van der Waals surface area contributed by atoms with E-state index in [2.05, 4.69) is 0 Å². The van der Waals surface area contributed by atoms with Gasteiger partial charge in [-0.2, -0.15) is 42.1 Å². The Morgan fingerprint density at radius 2 is 0.956 bits per heavy atom. The zero-order valence-electron chi connectivity index (χ0n) is 34.5. The zero-order chi connectivity index (χ0) is 49.9. The minimum Gasteiger partial charge on any atom is -0.506 e. The van der Waals surface area contributed by atoms with Crippen molar-refractivity contribution in [1.82, 2.24) is 0 Å². The molecule has 0 unspecified atom stereocenters. The van der Waals surface area contributed by atoms with Crippen molar-refractivity contribution in [2.24, 2.45) is 0 Å². The SMILES string of the molecule is Cc1c(-c2ccc(S(=O)(=O)O)cc2)c(C2=CC=C(S(=O)(=O)O)CC2)c(Oc2ccc(C(=O)c3ccc(O)c(S(=O)(=O)O)c3)cc2I)c(-c2ccc(S(=O)(=O)O)cc2)c1-c1ccc(S(=O)(=O)O)cc1. The van der Waals surface area contributed by atoms with E-state index in [-0.39, 0.29) is 77.3 Å². The molecule has 0 atom stereocenters. The van der Waals surface area contributed by atoms with Crippen LogP contribution >= 0.6 is 22.6 Å². The number of hydrogen-bond acceptors (Lipinski definition) is 13. The molecule has 1 aliphatic rings. The van der Waals surface area contributed by atoms with Crippen molar-refractivity contribution >= 4 is 84.5 Å². The molecule has 0 aromatic heterocycles. The van der Waals surface area contributed by atoms with E-state index in [1.165, 1.54) is 66.7 Å². The second kappa shape index (κ2) is 18.3. The van der Waals surface area contributed by atoms with Crippen LogP contribution in [0.4, 0.5) is 0 Å². The Hall–Kier alpha value is -5.65. The van der Waals surface area contributed by atoms with Crippen LogP contribution in [0.3, 0.4) is 0 Å². The Balaban J connectivity index is 1.60. The van der Waals surface area contributed by atoms with Crippen LogP contribution in [0.2, 0.25) is 0 Å². The van der Waals surface area contributed by atoms with Gasteiger partial charge in [0.2, 0.25) is 0 Å². The highest BCUT2D eigenvalue weighted by atomic mass is 127. The van der Waals surface area contributed by atoms with Crippen LogP contribution in [0.15, 0.2) is 146 Å². The predicted molar refractivity (Wildman–Crippen MR) is 254 cm³/mol. The molecular weight excluding hydrogens is 1100 g/mol. The third kappa shape index (κ3) is 10.5. The minimum atomic E-state index is -4.94. The summed E-state index contributed by atoms with van der Waals surface area (Å²) in [5, 5.41) is 10.0. The standard InChI is InChI=1S/C44H33IO18S5/c1-24-39(25-2-12-31(13-3-25)64(48,49)50)41(27-6-16-33(17-7-27)66(54,55)56)44(63-37-21-11-29(22-35(37)45)43(47)30-10-20-36(46)38(23-30)68(60,61)62)42(28-8-18-34(19-9-28)67(57,58)59)40(24)26-4-14-32(15-5-26)65(51,52)53/h2-8,10-18,20-23,46H,9,19H2,1H3,(H,48,49,50)(H,51,52,53)(H,54,55,56)(H,57,58,59)(H,60,61,62). The topological polar surface area (TPSA) is 318 Å². The fourth-order valence-electron chi connectivity index (χ4n) is 7.54. The molecule has 0 fully saturated rings. The molecule has 6 aromatic carbocycles. The predicted octanol–water partition coefficient (Wildman–Crippen LogP) is 8.27. The summed E-state index contributed by atoms with van der Waals surface area (Å²) < 4.78 is 178. The van der Waals surface area contributed by atoms with E-state index in [0.29, 0.717) is 16.7 Å². The summed E-state index contributed by atoms with van der Waals surface area (Å²) >= 11 is 1.85. The second-order valence-corrected chi connectivity index (χ2v) is 23.3. The van der Waals surface area contributed by atoms with E-state index in [4.69, 9.17) is 4.74 Å². The van der Waals surface area contributed by atoms with Gasteiger partial charge in [0.05, 0.1) is 23.2 Å². The summed E-state index contributed by atoms with van der Waals surface area (Å²) in [6, 6.07) is 21.7. The zero-order valence-corrected chi connectivity index (χ0v) is 40.7. The Labute approximate surface area is 403 Å². The summed E-state index contributed by atoms with van der Waals surface area (Å²) in [4.78, 5) is 11.0. The van der Waals surface area contributed by atoms with E-state index in [0.717, 1.165) is 54.6 Å². The lowest BCUT2D eigenvalue weighted by atomic mass is 9.79. The number of ether oxygens (including phenoxy) is 1. The number of ketones is 1. The molecule has 6 N–H and O–H groups in total. The van der Waals surface area contributed by atoms with Crippen LogP contribution in [0.25, 0.3) is 39.0 Å². The van der Waals surface area contributed by atoms with E-state index >= 15 is 0 Å². The van der Waals surface area contributed by atoms with Crippen LogP contribution < -0.4 is 4.74 Å². The molecule has 0 saturated heterocycles. The molecule has 18 nitrogen and oxygen atoms in total. The van der Waals surface area contributed by atoms with Crippen molar-refractivity contribution in [3.8, 4) is 50.6 Å². The molecule has 0 radical (unpaired) electrons. The van der Waals surface area contributed by atoms with Gasteiger partial charge in [-0.3, -0.25) is 27.6 Å². The van der Waals surface area contributed by atoms with Gasteiger partial charge >= 0.3 is 0 Å². The van der Waals surface area contributed by atoms with Crippen molar-refractivity contribution in [3.05, 3.63) is 152 Å². The lowest BCUT2D eigenvalue weighted by Crippen LogP contribution is -2.09. The molecule has 0 aliphatic heterocycles. The normalized spacial score (nSPS) is 13.7. The Kier molecular flexibility index (Phi) is 13.6. The summed E-state index contributed by atoms with van der Waals surface area (Å²) in [5.74, 6) is -1.56. The van der Waals surface area contributed by atoms with Gasteiger partial charge in [-0.25, -0.2) is 0 Å². The number of hydrogen-bond donors (Lipinski definition) is 6. The monoisotopic (exact) mass is 1140 g/mol. The summed E-state index contributed by atoms with van der Waals surface area (Å²) in [5.41, 5.74) is 2.24. The average molecular weight is 1140 g/mol. The quantitative estimate of drug-likeness (QED) is 0.0360. The van der Waals surface area contributed by atoms with E-state index in [9.17, 15) is 74.8 Å². The number of allylic oxidation sites excluding steroid dienone is 4. The highest BCUT2D eigenvalue weighted by Gasteiger charge is 2.31. The van der Waals surface area contributed by atoms with Crippen molar-refractivity contribution < 1.29 is 79.5 Å². The van der Waals surface area contributed by atoms with E-state index in [1.807, 2.05) is 22.6 Å². The van der Waals surface area contributed by atoms with Gasteiger partial charge in [0, 0.05) is 22.3 Å². The maximum absolute atomic E-state index is 13.7. The maximum Gasteiger partial charge on any atom is 0.298 e. The van der Waals surface area contributed by atoms with Gasteiger partial charge in [0.1, 0.15) is 22.1 Å². The van der Waals surface area contributed by atoms with Crippen LogP contribution in [0.5, 0.6) is 17.2 Å². The molecule has 354 valence electrons. The van der Waals surface area contributed by atoms with Crippen molar-refractivity contribution in [2.45, 2.75) is 39.3 Å². The lowest BCUT2D eigenvalue weighted by molar-refractivity contribution is 0.103. The van der Waals surface area contributed by atoms with Crippen molar-refractivity contribution in [1.29, 1.82) is 0 Å². The molecule has 0 saturated carbocycles. The average Bonchev–Trinajstić information content (AvgIpc) is 3.25. The first kappa shape index (κ1) is 50.2. The highest BCUT2D eigenvalue weighted by molar-refractivity contribution is 14.1. The number of phenols is 1. The lowest BCUT2D eigenvalue weighted by Gasteiger charge is -2.28. The molecule has 7 rings (SSSR count). The summed E-state index contributed by atoms with van der Waals surface area (Å²) in [7, 11) is -23.8. The fourth-order valence-corrected chi connectivity index (χ4v) is 10.8. The molecule has 0 bridgehead atoms. The first-order valence-electron chi connectivity index (χ1n) is 19.2. The largest absolute Gasteiger partial charge is 0.506 e. The van der Waals surface area contributed by atoms with Crippen LogP contribution in [0, 0.1) is 10.5 Å². The van der Waals surface area contributed by atoms with E-state index in [1.54, 1.807) is 6.92 Å². The van der Waals surface area contributed by atoms with Crippen LogP contribution in [-0.2, 0) is 50.6 Å². The van der Waals surface area contributed by atoms with Crippen molar-refractivity contribution in [2.75, 3.05) is 0 Å². The Bertz CT molecular complexity index is 3740. The molecule has 1 aliphatic carbocycles. The molecule has 0 heterocycles. The number of carbonyl (C=O) groups excluding carboxylic acids is 1. The summed E-state index contributed by atoms with van der Waals surface area (Å²) in [6.07, 6.45) is 2.26. The number of halogens is 1. The first-order valence-corrected chi connectivity index (χ1v) is 27.5. The van der Waals surface area contributed by atoms with Crippen molar-refractivity contribution in [3.63, 3.8) is 0 Å². The third-order valence-electron chi connectivity index (χ3n) is 10.7. The van der Waals surface area contributed by atoms with Gasteiger partial charge in [-0.05, 0) is 160 Å². The number of benzene rings is 6.